The van der Waals surface area contributed by atoms with Gasteiger partial charge in [0.25, 0.3) is 0 Å². The summed E-state index contributed by atoms with van der Waals surface area (Å²) in [5.41, 5.74) is 5.40. The largest absolute Gasteiger partial charge is 0.480 e. The smallest absolute Gasteiger partial charge is 0.326 e. The molecule has 0 aliphatic heterocycles. The summed E-state index contributed by atoms with van der Waals surface area (Å²) < 4.78 is 0. The highest BCUT2D eigenvalue weighted by Gasteiger charge is 2.23. The van der Waals surface area contributed by atoms with Gasteiger partial charge in [0.05, 0.1) is 6.54 Å². The van der Waals surface area contributed by atoms with E-state index in [0.29, 0.717) is 25.8 Å². The first-order valence-electron chi connectivity index (χ1n) is 13.1. The molecule has 0 bridgehead atoms. The Morgan fingerprint density at radius 2 is 1.32 bits per heavy atom. The summed E-state index contributed by atoms with van der Waals surface area (Å²) in [5.74, 6) is -2.39. The Balaban J connectivity index is 3.89. The average molecular weight is 485 g/mol. The zero-order chi connectivity index (χ0) is 25.6. The number of nitrogens with two attached hydrogens (primary N) is 1. The number of rotatable bonds is 22. The Kier molecular flexibility index (Phi) is 20.0. The van der Waals surface area contributed by atoms with Gasteiger partial charge >= 0.3 is 5.97 Å². The van der Waals surface area contributed by atoms with Crippen LogP contribution in [0.3, 0.4) is 0 Å². The lowest BCUT2D eigenvalue weighted by Gasteiger charge is -2.18. The van der Waals surface area contributed by atoms with Crippen LogP contribution in [0, 0.1) is 0 Å². The van der Waals surface area contributed by atoms with E-state index in [9.17, 15) is 24.3 Å². The van der Waals surface area contributed by atoms with Crippen molar-refractivity contribution >= 4 is 23.7 Å². The number of carbonyl (C=O) groups is 4. The molecule has 0 heterocycles. The fourth-order valence-electron chi connectivity index (χ4n) is 3.62. The Labute approximate surface area is 205 Å². The normalized spacial score (nSPS) is 12.6. The summed E-state index contributed by atoms with van der Waals surface area (Å²) >= 11 is 0. The van der Waals surface area contributed by atoms with E-state index in [1.165, 1.54) is 58.3 Å². The molecule has 0 spiro atoms. The molecule has 0 saturated heterocycles. The minimum atomic E-state index is -1.13. The van der Waals surface area contributed by atoms with E-state index in [4.69, 9.17) is 5.73 Å². The molecule has 0 aromatic heterocycles. The minimum Gasteiger partial charge on any atom is -0.480 e. The number of aliphatic carboxylic acids is 1. The summed E-state index contributed by atoms with van der Waals surface area (Å²) in [5, 5.41) is 16.7. The van der Waals surface area contributed by atoms with Crippen molar-refractivity contribution < 1.29 is 24.3 Å². The van der Waals surface area contributed by atoms with Crippen molar-refractivity contribution in [2.45, 2.75) is 122 Å². The number of carbonyl (C=O) groups excluding carboxylic acids is 3. The molecule has 0 aliphatic rings. The molecular formula is C25H48N4O5. The summed E-state index contributed by atoms with van der Waals surface area (Å²) in [4.78, 5) is 47.4. The molecule has 6 N–H and O–H groups in total. The van der Waals surface area contributed by atoms with Gasteiger partial charge in [-0.25, -0.2) is 4.79 Å². The number of amides is 3. The molecule has 0 saturated carbocycles. The molecule has 0 unspecified atom stereocenters. The first-order valence-corrected chi connectivity index (χ1v) is 13.1. The van der Waals surface area contributed by atoms with Crippen LogP contribution in [-0.4, -0.2) is 54.0 Å². The van der Waals surface area contributed by atoms with E-state index >= 15 is 0 Å². The van der Waals surface area contributed by atoms with Gasteiger partial charge in [-0.1, -0.05) is 71.1 Å². The first-order chi connectivity index (χ1) is 16.3. The van der Waals surface area contributed by atoms with Crippen LogP contribution < -0.4 is 21.7 Å². The van der Waals surface area contributed by atoms with Crippen LogP contribution in [0.5, 0.6) is 0 Å². The maximum atomic E-state index is 12.2. The van der Waals surface area contributed by atoms with Gasteiger partial charge in [-0.15, -0.1) is 0 Å². The zero-order valence-corrected chi connectivity index (χ0v) is 21.3. The Bertz CT molecular complexity index is 586. The molecule has 0 aromatic carbocycles. The maximum Gasteiger partial charge on any atom is 0.326 e. The van der Waals surface area contributed by atoms with Gasteiger partial charge in [-0.05, 0) is 39.2 Å². The van der Waals surface area contributed by atoms with Crippen LogP contribution in [-0.2, 0) is 19.2 Å². The van der Waals surface area contributed by atoms with Crippen LogP contribution in [0.15, 0.2) is 0 Å². The van der Waals surface area contributed by atoms with Crippen molar-refractivity contribution in [3.63, 3.8) is 0 Å². The van der Waals surface area contributed by atoms with Gasteiger partial charge in [0.2, 0.25) is 17.7 Å². The molecule has 0 rings (SSSR count). The van der Waals surface area contributed by atoms with Gasteiger partial charge in [0, 0.05) is 6.42 Å². The highest BCUT2D eigenvalue weighted by molar-refractivity contribution is 5.91. The molecule has 0 aromatic rings. The van der Waals surface area contributed by atoms with Crippen molar-refractivity contribution in [1.29, 1.82) is 0 Å². The SMILES string of the molecule is CCCCCCCCCCCCCC(=O)NCC(=O)N[C@@H](C)C(=O)N[C@@H](CCCCN)C(=O)O. The molecule has 9 heteroatoms. The molecule has 3 amide bonds. The molecular weight excluding hydrogens is 436 g/mol. The van der Waals surface area contributed by atoms with Crippen molar-refractivity contribution in [3.8, 4) is 0 Å². The lowest BCUT2D eigenvalue weighted by atomic mass is 10.1. The minimum absolute atomic E-state index is 0.186. The Morgan fingerprint density at radius 3 is 1.85 bits per heavy atom. The summed E-state index contributed by atoms with van der Waals surface area (Å²) in [6.07, 6.45) is 15.2. The molecule has 0 aliphatic carbocycles. The molecule has 34 heavy (non-hydrogen) atoms. The van der Waals surface area contributed by atoms with Crippen LogP contribution in [0.1, 0.15) is 110 Å². The number of hydrogen-bond donors (Lipinski definition) is 5. The van der Waals surface area contributed by atoms with E-state index in [2.05, 4.69) is 22.9 Å². The molecule has 9 nitrogen and oxygen atoms in total. The van der Waals surface area contributed by atoms with E-state index in [1.54, 1.807) is 0 Å². The fraction of sp³-hybridized carbons (Fsp3) is 0.840. The fourth-order valence-corrected chi connectivity index (χ4v) is 3.62. The average Bonchev–Trinajstić information content (AvgIpc) is 2.80. The highest BCUT2D eigenvalue weighted by atomic mass is 16.4. The topological polar surface area (TPSA) is 151 Å². The lowest BCUT2D eigenvalue weighted by molar-refractivity contribution is -0.142. The molecule has 0 fully saturated rings. The number of unbranched alkanes of at least 4 members (excludes halogenated alkanes) is 11. The van der Waals surface area contributed by atoms with Crippen LogP contribution in [0.4, 0.5) is 0 Å². The van der Waals surface area contributed by atoms with Crippen molar-refractivity contribution in [1.82, 2.24) is 16.0 Å². The van der Waals surface area contributed by atoms with Gasteiger partial charge in [0.1, 0.15) is 12.1 Å². The number of nitrogens with one attached hydrogen (secondary N) is 3. The molecule has 2 atom stereocenters. The quantitative estimate of drug-likeness (QED) is 0.149. The third-order valence-corrected chi connectivity index (χ3v) is 5.79. The third kappa shape index (κ3) is 18.3. The van der Waals surface area contributed by atoms with Gasteiger partial charge < -0.3 is 26.8 Å². The Morgan fingerprint density at radius 1 is 0.765 bits per heavy atom. The number of carboxylic acids is 1. The van der Waals surface area contributed by atoms with Gasteiger partial charge in [0.15, 0.2) is 0 Å². The third-order valence-electron chi connectivity index (χ3n) is 5.79. The highest BCUT2D eigenvalue weighted by Crippen LogP contribution is 2.11. The standard InChI is InChI=1S/C25H48N4O5/c1-3-4-5-6-7-8-9-10-11-12-13-17-22(30)27-19-23(31)28-20(2)24(32)29-21(25(33)34)16-14-15-18-26/h20-21H,3-19,26H2,1-2H3,(H,27,30)(H,28,31)(H,29,32)(H,33,34)/t20-,21-/m0/s1. The van der Waals surface area contributed by atoms with Crippen molar-refractivity contribution in [2.24, 2.45) is 5.73 Å². The predicted molar refractivity (Wildman–Crippen MR) is 134 cm³/mol. The monoisotopic (exact) mass is 484 g/mol. The van der Waals surface area contributed by atoms with E-state index in [0.717, 1.165) is 19.3 Å². The summed E-state index contributed by atoms with van der Waals surface area (Å²) in [7, 11) is 0. The molecule has 0 radical (unpaired) electrons. The van der Waals surface area contributed by atoms with E-state index < -0.39 is 29.9 Å². The number of hydrogen-bond acceptors (Lipinski definition) is 5. The molecule has 198 valence electrons. The van der Waals surface area contributed by atoms with Gasteiger partial charge in [-0.3, -0.25) is 14.4 Å². The van der Waals surface area contributed by atoms with Gasteiger partial charge in [-0.2, -0.15) is 0 Å². The maximum absolute atomic E-state index is 12.2. The van der Waals surface area contributed by atoms with E-state index in [1.807, 2.05) is 0 Å². The predicted octanol–water partition coefficient (Wildman–Crippen LogP) is 3.01. The van der Waals surface area contributed by atoms with E-state index in [-0.39, 0.29) is 18.9 Å². The summed E-state index contributed by atoms with van der Waals surface area (Å²) in [6, 6.07) is -1.93. The van der Waals surface area contributed by atoms with Crippen LogP contribution in [0.25, 0.3) is 0 Å². The van der Waals surface area contributed by atoms with Crippen molar-refractivity contribution in [3.05, 3.63) is 0 Å². The summed E-state index contributed by atoms with van der Waals surface area (Å²) in [6.45, 7) is 3.94. The second-order valence-corrected chi connectivity index (χ2v) is 9.04. The lowest BCUT2D eigenvalue weighted by Crippen LogP contribution is -2.51. The second kappa shape index (κ2) is 21.4. The zero-order valence-electron chi connectivity index (χ0n) is 21.3. The van der Waals surface area contributed by atoms with Crippen LogP contribution >= 0.6 is 0 Å². The Hall–Kier alpha value is -2.16. The first kappa shape index (κ1) is 31.8. The second-order valence-electron chi connectivity index (χ2n) is 9.04. The van der Waals surface area contributed by atoms with Crippen LogP contribution in [0.2, 0.25) is 0 Å². The van der Waals surface area contributed by atoms with Crippen molar-refractivity contribution in [2.75, 3.05) is 13.1 Å². The number of carboxylic acid groups (broad SMARTS) is 1.